The summed E-state index contributed by atoms with van der Waals surface area (Å²) in [6.07, 6.45) is 5.25. The number of ether oxygens (including phenoxy) is 1. The zero-order chi connectivity index (χ0) is 21.5. The molecule has 1 aromatic heterocycles. The van der Waals surface area contributed by atoms with Gasteiger partial charge in [0.1, 0.15) is 6.04 Å². The van der Waals surface area contributed by atoms with Gasteiger partial charge in [-0.15, -0.1) is 10.2 Å². The summed E-state index contributed by atoms with van der Waals surface area (Å²) in [5.74, 6) is -0.321. The summed E-state index contributed by atoms with van der Waals surface area (Å²) in [5, 5.41) is 8.24. The summed E-state index contributed by atoms with van der Waals surface area (Å²) in [5.41, 5.74) is 0.962. The summed E-state index contributed by atoms with van der Waals surface area (Å²) < 4.78 is 10.7. The quantitative estimate of drug-likeness (QED) is 0.431. The molecule has 2 heterocycles. The van der Waals surface area contributed by atoms with Crippen LogP contribution in [-0.4, -0.2) is 39.6 Å². The Morgan fingerprint density at radius 2 is 2.07 bits per heavy atom. The van der Waals surface area contributed by atoms with Crippen LogP contribution in [0.5, 0.6) is 0 Å². The predicted molar refractivity (Wildman–Crippen MR) is 112 cm³/mol. The van der Waals surface area contributed by atoms with Gasteiger partial charge in [0, 0.05) is 17.4 Å². The smallest absolute Gasteiger partial charge is 0.328 e. The summed E-state index contributed by atoms with van der Waals surface area (Å²) in [6.45, 7) is 4.31. The highest BCUT2D eigenvalue weighted by atomic mass is 35.5. The van der Waals surface area contributed by atoms with E-state index in [0.717, 1.165) is 24.8 Å². The number of rotatable bonds is 9. The molecule has 1 fully saturated rings. The van der Waals surface area contributed by atoms with Crippen LogP contribution in [0.1, 0.15) is 63.4 Å². The lowest BCUT2D eigenvalue weighted by Gasteiger charge is -2.43. The van der Waals surface area contributed by atoms with Gasteiger partial charge in [0.25, 0.3) is 0 Å². The molecule has 0 bridgehead atoms. The molecule has 3 rings (SSSR count). The van der Waals surface area contributed by atoms with Crippen LogP contribution in [0.4, 0.5) is 0 Å². The minimum absolute atomic E-state index is 0.0845. The highest BCUT2D eigenvalue weighted by Gasteiger charge is 2.42. The molecule has 0 N–H and O–H groups in total. The lowest BCUT2D eigenvalue weighted by atomic mass is 9.85. The Kier molecular flexibility index (Phi) is 7.85. The lowest BCUT2D eigenvalue weighted by Crippen LogP contribution is -2.52. The number of hydrogen-bond acceptors (Lipinski definition) is 6. The van der Waals surface area contributed by atoms with Crippen molar-refractivity contribution in [3.05, 3.63) is 47.1 Å². The third-order valence-corrected chi connectivity index (χ3v) is 5.80. The van der Waals surface area contributed by atoms with Crippen molar-refractivity contribution < 1.29 is 18.7 Å². The number of carbonyl (C=O) groups excluding carboxylic acids is 2. The molecular formula is C22H28ClN3O4. The van der Waals surface area contributed by atoms with E-state index in [0.29, 0.717) is 36.8 Å². The van der Waals surface area contributed by atoms with Gasteiger partial charge in [-0.05, 0) is 43.4 Å². The Labute approximate surface area is 181 Å². The van der Waals surface area contributed by atoms with E-state index >= 15 is 0 Å². The van der Waals surface area contributed by atoms with Gasteiger partial charge in [0.2, 0.25) is 18.2 Å². The van der Waals surface area contributed by atoms with E-state index in [4.69, 9.17) is 20.8 Å². The second-order valence-corrected chi connectivity index (χ2v) is 8.01. The molecule has 0 radical (unpaired) electrons. The number of carbonyl (C=O) groups is 2. The molecule has 1 aromatic carbocycles. The number of halogens is 1. The second kappa shape index (κ2) is 10.6. The Bertz CT molecular complexity index is 825. The summed E-state index contributed by atoms with van der Waals surface area (Å²) >= 11 is 6.05. The molecule has 0 saturated carbocycles. The molecule has 1 aliphatic heterocycles. The largest absolute Gasteiger partial charge is 0.464 e. The third kappa shape index (κ3) is 5.19. The molecule has 7 nitrogen and oxygen atoms in total. The first-order chi connectivity index (χ1) is 14.5. The Morgan fingerprint density at radius 3 is 2.70 bits per heavy atom. The monoisotopic (exact) mass is 433 g/mol. The number of esters is 1. The molecule has 0 spiro atoms. The molecule has 0 aliphatic carbocycles. The Morgan fingerprint density at radius 1 is 1.30 bits per heavy atom. The highest BCUT2D eigenvalue weighted by Crippen LogP contribution is 2.38. The number of benzene rings is 1. The summed E-state index contributed by atoms with van der Waals surface area (Å²) in [6, 6.07) is 6.61. The van der Waals surface area contributed by atoms with E-state index in [1.807, 2.05) is 38.1 Å². The average Bonchev–Trinajstić information content (AvgIpc) is 3.25. The normalized spacial score (nSPS) is 20.2. The van der Waals surface area contributed by atoms with Crippen LogP contribution < -0.4 is 0 Å². The van der Waals surface area contributed by atoms with E-state index in [1.165, 1.54) is 6.39 Å². The Balaban J connectivity index is 1.87. The van der Waals surface area contributed by atoms with Gasteiger partial charge in [-0.1, -0.05) is 44.0 Å². The molecule has 1 saturated heterocycles. The zero-order valence-corrected chi connectivity index (χ0v) is 18.2. The van der Waals surface area contributed by atoms with Gasteiger partial charge in [-0.25, -0.2) is 4.79 Å². The molecule has 1 amide bonds. The van der Waals surface area contributed by atoms with Crippen molar-refractivity contribution in [2.75, 3.05) is 6.61 Å². The maximum Gasteiger partial charge on any atom is 0.328 e. The van der Waals surface area contributed by atoms with Crippen LogP contribution in [0.2, 0.25) is 5.02 Å². The minimum atomic E-state index is -0.638. The van der Waals surface area contributed by atoms with Crippen molar-refractivity contribution in [3.8, 4) is 0 Å². The highest BCUT2D eigenvalue weighted by molar-refractivity contribution is 6.30. The van der Waals surface area contributed by atoms with Crippen LogP contribution in [0.3, 0.4) is 0 Å². The summed E-state index contributed by atoms with van der Waals surface area (Å²) in [7, 11) is 0. The van der Waals surface area contributed by atoms with E-state index < -0.39 is 6.04 Å². The Hall–Kier alpha value is -2.41. The van der Waals surface area contributed by atoms with E-state index in [9.17, 15) is 9.59 Å². The van der Waals surface area contributed by atoms with Crippen molar-refractivity contribution >= 4 is 23.5 Å². The number of nitrogens with zero attached hydrogens (tertiary/aromatic N) is 3. The fourth-order valence-corrected chi connectivity index (χ4v) is 4.07. The first kappa shape index (κ1) is 22.3. The van der Waals surface area contributed by atoms with Gasteiger partial charge in [0.15, 0.2) is 0 Å². The third-order valence-electron chi connectivity index (χ3n) is 5.55. The molecule has 30 heavy (non-hydrogen) atoms. The van der Waals surface area contributed by atoms with Crippen LogP contribution in [-0.2, 0) is 20.7 Å². The number of likely N-dealkylation sites (tertiary alicyclic amines) is 1. The van der Waals surface area contributed by atoms with E-state index in [1.54, 1.807) is 4.90 Å². The molecular weight excluding hydrogens is 406 g/mol. The first-order valence-electron chi connectivity index (χ1n) is 10.5. The average molecular weight is 434 g/mol. The zero-order valence-electron chi connectivity index (χ0n) is 17.4. The van der Waals surface area contributed by atoms with Crippen molar-refractivity contribution in [2.45, 2.75) is 64.5 Å². The van der Waals surface area contributed by atoms with Crippen LogP contribution >= 0.6 is 11.6 Å². The van der Waals surface area contributed by atoms with Crippen LogP contribution in [0.25, 0.3) is 0 Å². The van der Waals surface area contributed by atoms with Crippen molar-refractivity contribution in [3.63, 3.8) is 0 Å². The predicted octanol–water partition coefficient (Wildman–Crippen LogP) is 4.37. The molecule has 2 aromatic rings. The van der Waals surface area contributed by atoms with E-state index in [-0.39, 0.29) is 23.8 Å². The van der Waals surface area contributed by atoms with Gasteiger partial charge < -0.3 is 14.1 Å². The van der Waals surface area contributed by atoms with Crippen molar-refractivity contribution in [1.82, 2.24) is 15.1 Å². The van der Waals surface area contributed by atoms with Gasteiger partial charge in [-0.3, -0.25) is 4.79 Å². The maximum atomic E-state index is 13.5. The van der Waals surface area contributed by atoms with Crippen LogP contribution in [0, 0.1) is 5.92 Å². The van der Waals surface area contributed by atoms with Gasteiger partial charge >= 0.3 is 5.97 Å². The topological polar surface area (TPSA) is 85.5 Å². The molecule has 1 aliphatic rings. The number of aromatic nitrogens is 2. The number of piperidine rings is 1. The van der Waals surface area contributed by atoms with E-state index in [2.05, 4.69) is 10.2 Å². The fourth-order valence-electron chi connectivity index (χ4n) is 3.94. The number of amides is 1. The van der Waals surface area contributed by atoms with Crippen molar-refractivity contribution in [1.29, 1.82) is 0 Å². The van der Waals surface area contributed by atoms with Crippen LogP contribution in [0.15, 0.2) is 35.1 Å². The van der Waals surface area contributed by atoms with Crippen molar-refractivity contribution in [2.24, 2.45) is 5.92 Å². The second-order valence-electron chi connectivity index (χ2n) is 7.57. The maximum absolute atomic E-state index is 13.5. The molecule has 162 valence electrons. The van der Waals surface area contributed by atoms with Gasteiger partial charge in [-0.2, -0.15) is 0 Å². The standard InChI is InChI=1S/C22H28ClN3O4/c1-3-5-12-29-22(28)18(4-2)26-19(15-6-9-17(23)10-7-15)11-8-16(21(26)27)13-20-25-24-14-30-20/h6-7,9-10,14,16,18-19H,3-5,8,11-13H2,1-2H3/t16?,18?,19-/m0/s1. The fraction of sp³-hybridized carbons (Fsp3) is 0.545. The number of unbranched alkanes of at least 4 members (excludes halogenated alkanes) is 1. The number of hydrogen-bond donors (Lipinski definition) is 0. The van der Waals surface area contributed by atoms with Gasteiger partial charge in [0.05, 0.1) is 12.6 Å². The SMILES string of the molecule is CCCCOC(=O)C(CC)N1C(=O)C(Cc2nnco2)CC[C@H]1c1ccc(Cl)cc1. The molecule has 8 heteroatoms. The lowest BCUT2D eigenvalue weighted by molar-refractivity contribution is -0.162. The minimum Gasteiger partial charge on any atom is -0.464 e. The first-order valence-corrected chi connectivity index (χ1v) is 10.9. The molecule has 2 unspecified atom stereocenters. The summed E-state index contributed by atoms with van der Waals surface area (Å²) in [4.78, 5) is 28.1. The molecule has 3 atom stereocenters.